The molecule has 0 atom stereocenters. The number of hydrogen-bond donors (Lipinski definition) is 0. The number of non-ortho nitro benzene ring substituents is 1. The first kappa shape index (κ1) is 20.0. The number of nitrogens with zero attached hydrogens (tertiary/aromatic N) is 3. The highest BCUT2D eigenvalue weighted by Crippen LogP contribution is 2.23. The Labute approximate surface area is 170 Å². The van der Waals surface area contributed by atoms with Crippen molar-refractivity contribution < 1.29 is 14.5 Å². The summed E-state index contributed by atoms with van der Waals surface area (Å²) in [6.45, 7) is 2.75. The first-order chi connectivity index (χ1) is 14.0. The SMILES string of the molecule is C#CCn1c(=NC(=O)/C=C\c2ccc([N+](=O)[O-])cc2)sc2cc(OCC)ccc21. The molecule has 1 heterocycles. The number of rotatable bonds is 6. The number of nitro benzene ring substituents is 1. The third-order valence-corrected chi connectivity index (χ3v) is 4.98. The monoisotopic (exact) mass is 407 g/mol. The average molecular weight is 407 g/mol. The van der Waals surface area contributed by atoms with Crippen LogP contribution in [0, 0.1) is 22.5 Å². The van der Waals surface area contributed by atoms with E-state index < -0.39 is 10.8 Å². The van der Waals surface area contributed by atoms with E-state index in [2.05, 4.69) is 10.9 Å². The lowest BCUT2D eigenvalue weighted by Crippen LogP contribution is -2.15. The molecule has 146 valence electrons. The minimum absolute atomic E-state index is 0.00909. The Morgan fingerprint density at radius 2 is 2.10 bits per heavy atom. The molecule has 1 aromatic heterocycles. The molecule has 3 aromatic rings. The molecular weight excluding hydrogens is 390 g/mol. The second-order valence-electron chi connectivity index (χ2n) is 5.87. The summed E-state index contributed by atoms with van der Waals surface area (Å²) < 4.78 is 8.23. The molecule has 0 aliphatic carbocycles. The lowest BCUT2D eigenvalue weighted by Gasteiger charge is -2.03. The van der Waals surface area contributed by atoms with Gasteiger partial charge in [-0.05, 0) is 48.9 Å². The quantitative estimate of drug-likeness (QED) is 0.269. The topological polar surface area (TPSA) is 86.7 Å². The normalized spacial score (nSPS) is 11.7. The van der Waals surface area contributed by atoms with Gasteiger partial charge in [0.15, 0.2) is 4.80 Å². The van der Waals surface area contributed by atoms with E-state index in [0.717, 1.165) is 16.0 Å². The van der Waals surface area contributed by atoms with Crippen molar-refractivity contribution in [3.63, 3.8) is 0 Å². The van der Waals surface area contributed by atoms with Crippen LogP contribution in [0.5, 0.6) is 5.75 Å². The highest BCUT2D eigenvalue weighted by molar-refractivity contribution is 7.16. The summed E-state index contributed by atoms with van der Waals surface area (Å²) in [6.07, 6.45) is 8.35. The molecule has 3 rings (SSSR count). The first-order valence-corrected chi connectivity index (χ1v) is 9.54. The van der Waals surface area contributed by atoms with Crippen molar-refractivity contribution in [3.8, 4) is 18.1 Å². The minimum Gasteiger partial charge on any atom is -0.494 e. The zero-order chi connectivity index (χ0) is 20.8. The molecule has 7 nitrogen and oxygen atoms in total. The van der Waals surface area contributed by atoms with E-state index in [9.17, 15) is 14.9 Å². The van der Waals surface area contributed by atoms with Crippen LogP contribution in [0.15, 0.2) is 53.5 Å². The number of fused-ring (bicyclic) bond motifs is 1. The molecule has 0 aliphatic heterocycles. The Morgan fingerprint density at radius 1 is 1.34 bits per heavy atom. The van der Waals surface area contributed by atoms with Gasteiger partial charge < -0.3 is 9.30 Å². The lowest BCUT2D eigenvalue weighted by molar-refractivity contribution is -0.384. The van der Waals surface area contributed by atoms with Gasteiger partial charge in [-0.25, -0.2) is 0 Å². The molecule has 0 spiro atoms. The summed E-state index contributed by atoms with van der Waals surface area (Å²) in [5, 5.41) is 10.7. The number of amides is 1. The maximum Gasteiger partial charge on any atom is 0.272 e. The van der Waals surface area contributed by atoms with Crippen LogP contribution >= 0.6 is 11.3 Å². The molecule has 0 unspecified atom stereocenters. The van der Waals surface area contributed by atoms with Gasteiger partial charge in [-0.2, -0.15) is 4.99 Å². The summed E-state index contributed by atoms with van der Waals surface area (Å²) in [7, 11) is 0. The number of thiazole rings is 1. The van der Waals surface area contributed by atoms with Crippen molar-refractivity contribution in [1.82, 2.24) is 4.57 Å². The fourth-order valence-corrected chi connectivity index (χ4v) is 3.71. The van der Waals surface area contributed by atoms with E-state index in [1.165, 1.54) is 29.5 Å². The van der Waals surface area contributed by atoms with Crippen LogP contribution in [-0.2, 0) is 11.3 Å². The number of terminal acetylenes is 1. The van der Waals surface area contributed by atoms with Crippen LogP contribution in [0.3, 0.4) is 0 Å². The molecule has 0 radical (unpaired) electrons. The van der Waals surface area contributed by atoms with Gasteiger partial charge in [0, 0.05) is 18.2 Å². The molecule has 0 bridgehead atoms. The maximum atomic E-state index is 12.3. The summed E-state index contributed by atoms with van der Waals surface area (Å²) in [4.78, 5) is 27.2. The molecule has 29 heavy (non-hydrogen) atoms. The molecular formula is C21H17N3O4S. The van der Waals surface area contributed by atoms with Crippen molar-refractivity contribution in [3.05, 3.63) is 69.0 Å². The maximum absolute atomic E-state index is 12.3. The Balaban J connectivity index is 1.91. The third-order valence-electron chi connectivity index (χ3n) is 3.94. The van der Waals surface area contributed by atoms with Crippen molar-refractivity contribution in [1.29, 1.82) is 0 Å². The number of aromatic nitrogens is 1. The number of carbonyl (C=O) groups is 1. The molecule has 2 aromatic carbocycles. The van der Waals surface area contributed by atoms with E-state index in [0.29, 0.717) is 17.0 Å². The molecule has 0 saturated carbocycles. The van der Waals surface area contributed by atoms with E-state index in [4.69, 9.17) is 11.2 Å². The van der Waals surface area contributed by atoms with Gasteiger partial charge in [-0.1, -0.05) is 17.3 Å². The van der Waals surface area contributed by atoms with Gasteiger partial charge in [0.25, 0.3) is 11.6 Å². The second-order valence-corrected chi connectivity index (χ2v) is 6.88. The third kappa shape index (κ3) is 4.78. The highest BCUT2D eigenvalue weighted by atomic mass is 32.1. The number of ether oxygens (including phenoxy) is 1. The fourth-order valence-electron chi connectivity index (χ4n) is 2.65. The van der Waals surface area contributed by atoms with E-state index in [1.807, 2.05) is 25.1 Å². The molecule has 1 amide bonds. The highest BCUT2D eigenvalue weighted by Gasteiger charge is 2.08. The summed E-state index contributed by atoms with van der Waals surface area (Å²) >= 11 is 1.35. The molecule has 0 N–H and O–H groups in total. The van der Waals surface area contributed by atoms with Gasteiger partial charge in [0.05, 0.1) is 28.3 Å². The van der Waals surface area contributed by atoms with Gasteiger partial charge in [0.1, 0.15) is 5.75 Å². The number of benzene rings is 2. The number of nitro groups is 1. The van der Waals surface area contributed by atoms with Crippen LogP contribution in [0.25, 0.3) is 16.3 Å². The predicted molar refractivity (Wildman–Crippen MR) is 113 cm³/mol. The Hall–Kier alpha value is -3.70. The number of hydrogen-bond acceptors (Lipinski definition) is 5. The Bertz CT molecular complexity index is 1200. The van der Waals surface area contributed by atoms with Gasteiger partial charge in [-0.3, -0.25) is 14.9 Å². The van der Waals surface area contributed by atoms with Crippen LogP contribution < -0.4 is 9.54 Å². The zero-order valence-electron chi connectivity index (χ0n) is 15.6. The largest absolute Gasteiger partial charge is 0.494 e. The predicted octanol–water partition coefficient (Wildman–Crippen LogP) is 3.78. The molecule has 0 aliphatic rings. The van der Waals surface area contributed by atoms with Crippen molar-refractivity contribution >= 4 is 39.2 Å². The van der Waals surface area contributed by atoms with Crippen molar-refractivity contribution in [2.45, 2.75) is 13.5 Å². The zero-order valence-corrected chi connectivity index (χ0v) is 16.4. The van der Waals surface area contributed by atoms with Gasteiger partial charge in [0.2, 0.25) is 0 Å². The summed E-state index contributed by atoms with van der Waals surface area (Å²) in [6, 6.07) is 11.5. The fraction of sp³-hybridized carbons (Fsp3) is 0.143. The smallest absolute Gasteiger partial charge is 0.272 e. The standard InChI is InChI=1S/C21H17N3O4S/c1-3-13-23-18-11-10-17(28-4-2)14-19(18)29-21(23)22-20(25)12-7-15-5-8-16(9-6-15)24(26)27/h1,5-12,14H,4,13H2,2H3/b12-7-,22-21?. The lowest BCUT2D eigenvalue weighted by atomic mass is 10.2. The van der Waals surface area contributed by atoms with Gasteiger partial charge >= 0.3 is 0 Å². The van der Waals surface area contributed by atoms with Crippen molar-refractivity contribution in [2.24, 2.45) is 4.99 Å². The van der Waals surface area contributed by atoms with E-state index in [1.54, 1.807) is 22.8 Å². The van der Waals surface area contributed by atoms with Crippen LogP contribution in [-0.4, -0.2) is 22.0 Å². The first-order valence-electron chi connectivity index (χ1n) is 8.72. The van der Waals surface area contributed by atoms with Crippen LogP contribution in [0.1, 0.15) is 12.5 Å². The minimum atomic E-state index is -0.476. The van der Waals surface area contributed by atoms with Gasteiger partial charge in [-0.15, -0.1) is 6.42 Å². The number of carbonyl (C=O) groups excluding carboxylic acids is 1. The van der Waals surface area contributed by atoms with Crippen LogP contribution in [0.4, 0.5) is 5.69 Å². The molecule has 8 heteroatoms. The Kier molecular flexibility index (Phi) is 6.22. The van der Waals surface area contributed by atoms with Crippen LogP contribution in [0.2, 0.25) is 0 Å². The van der Waals surface area contributed by atoms with E-state index >= 15 is 0 Å². The molecule has 0 fully saturated rings. The summed E-state index contributed by atoms with van der Waals surface area (Å²) in [5.74, 6) is 2.87. The summed E-state index contributed by atoms with van der Waals surface area (Å²) in [5.41, 5.74) is 1.53. The average Bonchev–Trinajstić information content (AvgIpc) is 3.03. The molecule has 0 saturated heterocycles. The van der Waals surface area contributed by atoms with E-state index in [-0.39, 0.29) is 12.2 Å². The Morgan fingerprint density at radius 3 is 2.76 bits per heavy atom. The second kappa shape index (κ2) is 8.99. The van der Waals surface area contributed by atoms with Crippen molar-refractivity contribution in [2.75, 3.05) is 6.61 Å².